The van der Waals surface area contributed by atoms with Crippen molar-refractivity contribution in [3.63, 3.8) is 0 Å². The summed E-state index contributed by atoms with van der Waals surface area (Å²) in [6.45, 7) is 11.8. The predicted octanol–water partition coefficient (Wildman–Crippen LogP) is 3.15. The lowest BCUT2D eigenvalue weighted by Crippen LogP contribution is -2.42. The van der Waals surface area contributed by atoms with Gasteiger partial charge in [-0.2, -0.15) is 0 Å². The van der Waals surface area contributed by atoms with Gasteiger partial charge in [-0.15, -0.1) is 24.2 Å². The van der Waals surface area contributed by atoms with E-state index >= 15 is 0 Å². The Morgan fingerprint density at radius 2 is 1.57 bits per heavy atom. The van der Waals surface area contributed by atoms with Gasteiger partial charge < -0.3 is 0 Å². The van der Waals surface area contributed by atoms with Crippen LogP contribution in [0.1, 0.15) is 11.1 Å². The maximum absolute atomic E-state index is 6.55. The Labute approximate surface area is 91.6 Å². The first-order valence-corrected chi connectivity index (χ1v) is 7.74. The molecule has 0 fully saturated rings. The Bertz CT molecular complexity index is 340. The van der Waals surface area contributed by atoms with Gasteiger partial charge >= 0.3 is 0 Å². The van der Waals surface area contributed by atoms with Gasteiger partial charge in [0.15, 0.2) is 0 Å². The SMILES string of the molecule is C=C[Si](Cl)(C=C)c1c(C)cccc1C. The van der Waals surface area contributed by atoms with E-state index in [1.807, 2.05) is 17.5 Å². The summed E-state index contributed by atoms with van der Waals surface area (Å²) in [6.07, 6.45) is 0. The van der Waals surface area contributed by atoms with Crippen molar-refractivity contribution in [1.82, 2.24) is 0 Å². The fourth-order valence-corrected chi connectivity index (χ4v) is 4.55. The van der Waals surface area contributed by atoms with Crippen LogP contribution in [-0.4, -0.2) is 7.38 Å². The van der Waals surface area contributed by atoms with Gasteiger partial charge in [0, 0.05) is 0 Å². The van der Waals surface area contributed by atoms with E-state index in [1.54, 1.807) is 0 Å². The van der Waals surface area contributed by atoms with Crippen molar-refractivity contribution in [2.75, 3.05) is 0 Å². The zero-order valence-electron chi connectivity index (χ0n) is 8.68. The highest BCUT2D eigenvalue weighted by Gasteiger charge is 2.28. The summed E-state index contributed by atoms with van der Waals surface area (Å²) in [7, 11) is -2.16. The maximum atomic E-state index is 6.55. The highest BCUT2D eigenvalue weighted by atomic mass is 35.6. The molecule has 0 aliphatic heterocycles. The monoisotopic (exact) mass is 222 g/mol. The van der Waals surface area contributed by atoms with E-state index in [-0.39, 0.29) is 0 Å². The molecule has 0 bridgehead atoms. The molecule has 0 spiro atoms. The zero-order valence-corrected chi connectivity index (χ0v) is 10.4. The van der Waals surface area contributed by atoms with Crippen molar-refractivity contribution in [2.24, 2.45) is 0 Å². The van der Waals surface area contributed by atoms with Gasteiger partial charge in [-0.3, -0.25) is 0 Å². The standard InChI is InChI=1S/C12H15ClSi/c1-5-14(13,6-2)12-10(3)8-7-9-11(12)4/h5-9H,1-2H2,3-4H3. The van der Waals surface area contributed by atoms with Crippen molar-refractivity contribution < 1.29 is 0 Å². The molecule has 0 nitrogen and oxygen atoms in total. The summed E-state index contributed by atoms with van der Waals surface area (Å²) >= 11 is 6.55. The third-order valence-electron chi connectivity index (χ3n) is 2.46. The molecule has 0 aromatic heterocycles. The van der Waals surface area contributed by atoms with Crippen molar-refractivity contribution in [3.05, 3.63) is 53.9 Å². The number of aryl methyl sites for hydroxylation is 2. The summed E-state index contributed by atoms with van der Waals surface area (Å²) in [4.78, 5) is 0. The average molecular weight is 223 g/mol. The Kier molecular flexibility index (Phi) is 3.35. The summed E-state index contributed by atoms with van der Waals surface area (Å²) < 4.78 is 0. The molecule has 2 heteroatoms. The first-order chi connectivity index (χ1) is 6.55. The minimum absolute atomic E-state index is 1.23. The Morgan fingerprint density at radius 3 is 1.93 bits per heavy atom. The predicted molar refractivity (Wildman–Crippen MR) is 67.6 cm³/mol. The van der Waals surface area contributed by atoms with Crippen molar-refractivity contribution >= 4 is 23.6 Å². The second-order valence-corrected chi connectivity index (χ2v) is 8.17. The van der Waals surface area contributed by atoms with E-state index < -0.39 is 7.38 Å². The second-order valence-electron chi connectivity index (χ2n) is 3.44. The molecule has 0 aliphatic carbocycles. The molecule has 0 atom stereocenters. The van der Waals surface area contributed by atoms with E-state index in [2.05, 4.69) is 39.1 Å². The molecule has 0 saturated heterocycles. The third kappa shape index (κ3) is 1.84. The molecule has 0 radical (unpaired) electrons. The summed E-state index contributed by atoms with van der Waals surface area (Å²) in [5.74, 6) is 0. The first kappa shape index (κ1) is 11.3. The Balaban J connectivity index is 3.44. The Hall–Kier alpha value is -0.793. The van der Waals surface area contributed by atoms with E-state index in [0.29, 0.717) is 0 Å². The zero-order chi connectivity index (χ0) is 10.8. The average Bonchev–Trinajstić information content (AvgIpc) is 2.17. The van der Waals surface area contributed by atoms with Gasteiger partial charge in [0.1, 0.15) is 0 Å². The molecule has 0 heterocycles. The van der Waals surface area contributed by atoms with Crippen LogP contribution >= 0.6 is 11.1 Å². The Morgan fingerprint density at radius 1 is 1.14 bits per heavy atom. The van der Waals surface area contributed by atoms with Gasteiger partial charge in [0.05, 0.1) is 0 Å². The fraction of sp³-hybridized carbons (Fsp3) is 0.167. The molecule has 0 unspecified atom stereocenters. The van der Waals surface area contributed by atoms with Gasteiger partial charge in [-0.1, -0.05) is 29.6 Å². The number of benzene rings is 1. The normalized spacial score (nSPS) is 11.1. The van der Waals surface area contributed by atoms with E-state index in [1.165, 1.54) is 16.3 Å². The molecule has 0 N–H and O–H groups in total. The lowest BCUT2D eigenvalue weighted by atomic mass is 10.2. The molecule has 0 aliphatic rings. The molecule has 1 aromatic carbocycles. The smallest absolute Gasteiger partial charge is 0.150 e. The summed E-state index contributed by atoms with van der Waals surface area (Å²) in [5.41, 5.74) is 6.17. The maximum Gasteiger partial charge on any atom is 0.233 e. The fourth-order valence-electron chi connectivity index (χ4n) is 1.71. The minimum Gasteiger partial charge on any atom is -0.150 e. The summed E-state index contributed by atoms with van der Waals surface area (Å²) in [5, 5.41) is 1.23. The first-order valence-electron chi connectivity index (χ1n) is 4.58. The number of hydrogen-bond donors (Lipinski definition) is 0. The van der Waals surface area contributed by atoms with Crippen LogP contribution in [0.4, 0.5) is 0 Å². The van der Waals surface area contributed by atoms with Crippen LogP contribution in [0.15, 0.2) is 42.8 Å². The van der Waals surface area contributed by atoms with Crippen molar-refractivity contribution in [2.45, 2.75) is 13.8 Å². The quantitative estimate of drug-likeness (QED) is 0.545. The third-order valence-corrected chi connectivity index (χ3v) is 6.69. The van der Waals surface area contributed by atoms with Crippen LogP contribution in [0, 0.1) is 13.8 Å². The van der Waals surface area contributed by atoms with Crippen LogP contribution < -0.4 is 5.19 Å². The topological polar surface area (TPSA) is 0 Å². The molecule has 0 saturated carbocycles. The highest BCUT2D eigenvalue weighted by Crippen LogP contribution is 2.16. The van der Waals surface area contributed by atoms with E-state index in [4.69, 9.17) is 11.1 Å². The van der Waals surface area contributed by atoms with Crippen LogP contribution in [0.2, 0.25) is 0 Å². The van der Waals surface area contributed by atoms with Crippen molar-refractivity contribution in [3.8, 4) is 0 Å². The molecule has 1 rings (SSSR count). The van der Waals surface area contributed by atoms with Crippen LogP contribution in [0.3, 0.4) is 0 Å². The molecule has 0 amide bonds. The van der Waals surface area contributed by atoms with Crippen LogP contribution in [-0.2, 0) is 0 Å². The lowest BCUT2D eigenvalue weighted by Gasteiger charge is -2.21. The number of halogens is 1. The molecular weight excluding hydrogens is 208 g/mol. The molecule has 1 aromatic rings. The number of hydrogen-bond acceptors (Lipinski definition) is 0. The lowest BCUT2D eigenvalue weighted by molar-refractivity contribution is 1.43. The van der Waals surface area contributed by atoms with Gasteiger partial charge in [-0.25, -0.2) is 0 Å². The van der Waals surface area contributed by atoms with Crippen molar-refractivity contribution in [1.29, 1.82) is 0 Å². The van der Waals surface area contributed by atoms with E-state index in [0.717, 1.165) is 0 Å². The molecule has 74 valence electrons. The van der Waals surface area contributed by atoms with Crippen LogP contribution in [0.25, 0.3) is 0 Å². The summed E-state index contributed by atoms with van der Waals surface area (Å²) in [6, 6.07) is 6.21. The second kappa shape index (κ2) is 4.16. The van der Waals surface area contributed by atoms with Gasteiger partial charge in [0.2, 0.25) is 7.38 Å². The number of rotatable bonds is 3. The van der Waals surface area contributed by atoms with Gasteiger partial charge in [0.25, 0.3) is 0 Å². The highest BCUT2D eigenvalue weighted by molar-refractivity contribution is 7.33. The largest absolute Gasteiger partial charge is 0.233 e. The molecule has 14 heavy (non-hydrogen) atoms. The van der Waals surface area contributed by atoms with Gasteiger partial charge in [-0.05, 0) is 30.2 Å². The molecular formula is C12H15ClSi. The minimum atomic E-state index is -2.16. The van der Waals surface area contributed by atoms with E-state index in [9.17, 15) is 0 Å². The van der Waals surface area contributed by atoms with Crippen LogP contribution in [0.5, 0.6) is 0 Å².